The lowest BCUT2D eigenvalue weighted by atomic mass is 10.1. The minimum atomic E-state index is -0.276. The lowest BCUT2D eigenvalue weighted by molar-refractivity contribution is -0.130. The first-order valence-corrected chi connectivity index (χ1v) is 9.41. The van der Waals surface area contributed by atoms with Crippen molar-refractivity contribution in [1.82, 2.24) is 15.1 Å². The van der Waals surface area contributed by atoms with E-state index in [1.54, 1.807) is 12.1 Å². The maximum atomic E-state index is 12.9. The highest BCUT2D eigenvalue weighted by molar-refractivity contribution is 8.00. The molecule has 7 heteroatoms. The summed E-state index contributed by atoms with van der Waals surface area (Å²) in [6.07, 6.45) is 0. The summed E-state index contributed by atoms with van der Waals surface area (Å²) in [7, 11) is 0. The number of rotatable bonds is 5. The van der Waals surface area contributed by atoms with Gasteiger partial charge in [0.05, 0.1) is 12.3 Å². The molecule has 2 amide bonds. The number of carbonyl (C=O) groups is 2. The summed E-state index contributed by atoms with van der Waals surface area (Å²) < 4.78 is 12.9. The molecular formula is C18H26FN3O2S. The predicted molar refractivity (Wildman–Crippen MR) is 98.0 cm³/mol. The lowest BCUT2D eigenvalue weighted by Crippen LogP contribution is -2.53. The van der Waals surface area contributed by atoms with Gasteiger partial charge in [0.25, 0.3) is 0 Å². The molecule has 1 heterocycles. The topological polar surface area (TPSA) is 52.7 Å². The Balaban J connectivity index is 1.71. The second-order valence-corrected chi connectivity index (χ2v) is 8.25. The van der Waals surface area contributed by atoms with E-state index in [4.69, 9.17) is 0 Å². The van der Waals surface area contributed by atoms with Gasteiger partial charge in [-0.1, -0.05) is 0 Å². The number of halogens is 1. The molecule has 0 aliphatic carbocycles. The Labute approximate surface area is 152 Å². The molecule has 1 aromatic carbocycles. The molecule has 0 aromatic heterocycles. The van der Waals surface area contributed by atoms with Crippen LogP contribution in [0.25, 0.3) is 0 Å². The molecule has 1 aliphatic heterocycles. The Hall–Kier alpha value is -1.60. The Kier molecular flexibility index (Phi) is 6.84. The number of thioether (sulfide) groups is 1. The van der Waals surface area contributed by atoms with E-state index < -0.39 is 0 Å². The van der Waals surface area contributed by atoms with Crippen molar-refractivity contribution in [2.45, 2.75) is 31.2 Å². The van der Waals surface area contributed by atoms with Gasteiger partial charge in [-0.15, -0.1) is 11.8 Å². The minimum absolute atomic E-state index is 0.0131. The molecule has 1 fully saturated rings. The lowest BCUT2D eigenvalue weighted by Gasteiger charge is -2.34. The van der Waals surface area contributed by atoms with Crippen LogP contribution in [-0.2, 0) is 9.59 Å². The largest absolute Gasteiger partial charge is 0.350 e. The van der Waals surface area contributed by atoms with E-state index in [0.717, 1.165) is 4.90 Å². The summed E-state index contributed by atoms with van der Waals surface area (Å²) in [5.74, 6) is 0.158. The van der Waals surface area contributed by atoms with Crippen LogP contribution in [0.5, 0.6) is 0 Å². The van der Waals surface area contributed by atoms with Crippen molar-refractivity contribution in [1.29, 1.82) is 0 Å². The van der Waals surface area contributed by atoms with E-state index in [1.807, 2.05) is 25.7 Å². The molecule has 25 heavy (non-hydrogen) atoms. The molecule has 0 unspecified atom stereocenters. The van der Waals surface area contributed by atoms with E-state index in [9.17, 15) is 14.0 Å². The fourth-order valence-electron chi connectivity index (χ4n) is 2.58. The third-order valence-corrected chi connectivity index (χ3v) is 4.78. The van der Waals surface area contributed by atoms with Gasteiger partial charge in [-0.05, 0) is 45.0 Å². The molecule has 0 saturated carbocycles. The van der Waals surface area contributed by atoms with Gasteiger partial charge in [0.1, 0.15) is 5.82 Å². The van der Waals surface area contributed by atoms with Crippen molar-refractivity contribution in [3.8, 4) is 0 Å². The number of hydrogen-bond acceptors (Lipinski definition) is 4. The van der Waals surface area contributed by atoms with Crippen LogP contribution in [0.2, 0.25) is 0 Å². The van der Waals surface area contributed by atoms with Gasteiger partial charge in [-0.2, -0.15) is 0 Å². The molecule has 0 radical (unpaired) electrons. The average Bonchev–Trinajstić information content (AvgIpc) is 2.53. The summed E-state index contributed by atoms with van der Waals surface area (Å²) in [4.78, 5) is 29.0. The van der Waals surface area contributed by atoms with E-state index in [1.165, 1.54) is 23.9 Å². The Morgan fingerprint density at radius 1 is 1.12 bits per heavy atom. The van der Waals surface area contributed by atoms with Crippen LogP contribution in [0, 0.1) is 5.82 Å². The van der Waals surface area contributed by atoms with Crippen molar-refractivity contribution < 1.29 is 14.0 Å². The van der Waals surface area contributed by atoms with Crippen molar-refractivity contribution >= 4 is 23.6 Å². The number of carbonyl (C=O) groups excluding carboxylic acids is 2. The fourth-order valence-corrected chi connectivity index (χ4v) is 3.38. The van der Waals surface area contributed by atoms with E-state index >= 15 is 0 Å². The molecule has 2 rings (SSSR count). The summed E-state index contributed by atoms with van der Waals surface area (Å²) >= 11 is 1.41. The monoisotopic (exact) mass is 367 g/mol. The molecule has 138 valence electrons. The first-order valence-electron chi connectivity index (χ1n) is 8.42. The van der Waals surface area contributed by atoms with Gasteiger partial charge in [0.15, 0.2) is 0 Å². The van der Waals surface area contributed by atoms with Gasteiger partial charge in [0, 0.05) is 36.6 Å². The molecule has 0 bridgehead atoms. The zero-order valence-corrected chi connectivity index (χ0v) is 15.9. The number of piperazine rings is 1. The highest BCUT2D eigenvalue weighted by atomic mass is 32.2. The van der Waals surface area contributed by atoms with E-state index in [2.05, 4.69) is 10.2 Å². The smallest absolute Gasteiger partial charge is 0.234 e. The normalized spacial score (nSPS) is 15.9. The van der Waals surface area contributed by atoms with Crippen LogP contribution in [0.3, 0.4) is 0 Å². The third-order valence-electron chi connectivity index (χ3n) is 3.78. The number of benzene rings is 1. The van der Waals surface area contributed by atoms with Crippen molar-refractivity contribution in [3.63, 3.8) is 0 Å². The third kappa shape index (κ3) is 7.04. The van der Waals surface area contributed by atoms with Gasteiger partial charge < -0.3 is 10.2 Å². The summed E-state index contributed by atoms with van der Waals surface area (Å²) in [5, 5.41) is 2.95. The van der Waals surface area contributed by atoms with Crippen molar-refractivity contribution in [3.05, 3.63) is 30.1 Å². The highest BCUT2D eigenvalue weighted by Crippen LogP contribution is 2.19. The second kappa shape index (κ2) is 8.67. The highest BCUT2D eigenvalue weighted by Gasteiger charge is 2.23. The van der Waals surface area contributed by atoms with Gasteiger partial charge in [-0.3, -0.25) is 14.5 Å². The molecule has 1 aliphatic rings. The number of amides is 2. The fraction of sp³-hybridized carbons (Fsp3) is 0.556. The van der Waals surface area contributed by atoms with Crippen LogP contribution >= 0.6 is 11.8 Å². The first-order chi connectivity index (χ1) is 11.7. The Morgan fingerprint density at radius 3 is 2.28 bits per heavy atom. The molecule has 0 spiro atoms. The van der Waals surface area contributed by atoms with Gasteiger partial charge in [0.2, 0.25) is 11.8 Å². The zero-order chi connectivity index (χ0) is 18.4. The van der Waals surface area contributed by atoms with Crippen LogP contribution in [-0.4, -0.2) is 65.6 Å². The Morgan fingerprint density at radius 2 is 1.72 bits per heavy atom. The SMILES string of the molecule is CC(C)(C)NC(=O)CN1CCN(C(=O)CSc2ccc(F)cc2)CC1. The summed E-state index contributed by atoms with van der Waals surface area (Å²) in [6, 6.07) is 6.15. The minimum Gasteiger partial charge on any atom is -0.350 e. The first kappa shape index (κ1) is 19.7. The maximum Gasteiger partial charge on any atom is 0.234 e. The van der Waals surface area contributed by atoms with E-state index in [0.29, 0.717) is 38.5 Å². The van der Waals surface area contributed by atoms with Gasteiger partial charge >= 0.3 is 0 Å². The predicted octanol–water partition coefficient (Wildman–Crippen LogP) is 1.98. The van der Waals surface area contributed by atoms with Crippen molar-refractivity contribution in [2.24, 2.45) is 0 Å². The molecule has 1 aromatic rings. The van der Waals surface area contributed by atoms with Gasteiger partial charge in [-0.25, -0.2) is 4.39 Å². The van der Waals surface area contributed by atoms with Crippen LogP contribution in [0.4, 0.5) is 4.39 Å². The van der Waals surface area contributed by atoms with Crippen LogP contribution < -0.4 is 5.32 Å². The second-order valence-electron chi connectivity index (χ2n) is 7.20. The molecular weight excluding hydrogens is 341 g/mol. The number of nitrogens with one attached hydrogen (secondary N) is 1. The molecule has 1 N–H and O–H groups in total. The number of nitrogens with zero attached hydrogens (tertiary/aromatic N) is 2. The summed E-state index contributed by atoms with van der Waals surface area (Å²) in [5.41, 5.74) is -0.230. The molecule has 1 saturated heterocycles. The number of hydrogen-bond donors (Lipinski definition) is 1. The summed E-state index contributed by atoms with van der Waals surface area (Å²) in [6.45, 7) is 8.90. The van der Waals surface area contributed by atoms with Crippen LogP contribution in [0.15, 0.2) is 29.2 Å². The molecule has 5 nitrogen and oxygen atoms in total. The molecule has 0 atom stereocenters. The average molecular weight is 367 g/mol. The standard InChI is InChI=1S/C18H26FN3O2S/c1-18(2,3)20-16(23)12-21-8-10-22(11-9-21)17(24)13-25-15-6-4-14(19)5-7-15/h4-7H,8-13H2,1-3H3,(H,20,23). The quantitative estimate of drug-likeness (QED) is 0.809. The Bertz CT molecular complexity index is 593. The van der Waals surface area contributed by atoms with E-state index in [-0.39, 0.29) is 23.2 Å². The maximum absolute atomic E-state index is 12.9. The van der Waals surface area contributed by atoms with Crippen LogP contribution in [0.1, 0.15) is 20.8 Å². The zero-order valence-electron chi connectivity index (χ0n) is 15.0. The van der Waals surface area contributed by atoms with Crippen molar-refractivity contribution in [2.75, 3.05) is 38.5 Å².